The molecule has 2 heterocycles. The number of carbonyl (C=O) groups excluding carboxylic acids is 1. The number of rotatable bonds is 3. The predicted octanol–water partition coefficient (Wildman–Crippen LogP) is 2.40. The Balaban J connectivity index is 1.81. The molecular weight excluding hydrogens is 267 g/mol. The van der Waals surface area contributed by atoms with Crippen molar-refractivity contribution in [2.75, 3.05) is 5.75 Å². The lowest BCUT2D eigenvalue weighted by Crippen LogP contribution is -2.15. The van der Waals surface area contributed by atoms with E-state index in [2.05, 4.69) is 20.2 Å². The Morgan fingerprint density at radius 3 is 3.11 bits per heavy atom. The van der Waals surface area contributed by atoms with E-state index < -0.39 is 5.82 Å². The number of nitrogens with one attached hydrogen (secondary N) is 1. The first-order chi connectivity index (χ1) is 9.22. The maximum atomic E-state index is 13.1. The summed E-state index contributed by atoms with van der Waals surface area (Å²) in [6.45, 7) is 0. The van der Waals surface area contributed by atoms with Gasteiger partial charge in [-0.25, -0.2) is 9.37 Å². The van der Waals surface area contributed by atoms with Gasteiger partial charge in [0.15, 0.2) is 10.9 Å². The maximum Gasteiger partial charge on any atom is 0.183 e. The van der Waals surface area contributed by atoms with Gasteiger partial charge in [-0.2, -0.15) is 5.10 Å². The van der Waals surface area contributed by atoms with Crippen molar-refractivity contribution in [1.29, 1.82) is 0 Å². The van der Waals surface area contributed by atoms with E-state index in [0.717, 1.165) is 5.71 Å². The molecule has 0 atom stereocenters. The molecule has 1 aliphatic rings. The zero-order valence-electron chi connectivity index (χ0n) is 9.76. The molecule has 1 aromatic heterocycles. The zero-order valence-corrected chi connectivity index (χ0v) is 10.6. The Morgan fingerprint density at radius 1 is 1.42 bits per heavy atom. The third-order valence-electron chi connectivity index (χ3n) is 2.67. The number of thioether (sulfide) groups is 1. The van der Waals surface area contributed by atoms with Crippen LogP contribution in [0.25, 0.3) is 0 Å². The molecule has 0 saturated heterocycles. The Bertz CT molecular complexity index is 654. The molecule has 0 saturated carbocycles. The number of benzene rings is 1. The fraction of sp³-hybridized carbons (Fsp3) is 0.167. The van der Waals surface area contributed by atoms with Gasteiger partial charge in [-0.15, -0.1) is 0 Å². The summed E-state index contributed by atoms with van der Waals surface area (Å²) in [4.78, 5) is 20.3. The summed E-state index contributed by atoms with van der Waals surface area (Å²) in [5.41, 5.74) is 1.64. The van der Waals surface area contributed by atoms with E-state index in [1.165, 1.54) is 36.3 Å². The van der Waals surface area contributed by atoms with Gasteiger partial charge in [0.2, 0.25) is 0 Å². The van der Waals surface area contributed by atoms with Crippen LogP contribution in [-0.4, -0.2) is 32.4 Å². The fourth-order valence-corrected chi connectivity index (χ4v) is 2.53. The van der Waals surface area contributed by atoms with Gasteiger partial charge in [-0.1, -0.05) is 11.8 Å². The second-order valence-corrected chi connectivity index (χ2v) is 4.98. The van der Waals surface area contributed by atoms with E-state index in [9.17, 15) is 9.18 Å². The number of fused-ring (bicyclic) bond motifs is 1. The molecule has 0 unspecified atom stereocenters. The molecule has 96 valence electrons. The summed E-state index contributed by atoms with van der Waals surface area (Å²) in [5, 5.41) is 7.15. The van der Waals surface area contributed by atoms with Gasteiger partial charge < -0.3 is 0 Å². The number of halogens is 1. The Labute approximate surface area is 112 Å². The third kappa shape index (κ3) is 2.55. The highest BCUT2D eigenvalue weighted by atomic mass is 32.2. The number of aromatic amines is 1. The van der Waals surface area contributed by atoms with Crippen molar-refractivity contribution in [3.05, 3.63) is 35.9 Å². The zero-order chi connectivity index (χ0) is 13.2. The second kappa shape index (κ2) is 4.93. The molecule has 0 spiro atoms. The van der Waals surface area contributed by atoms with Gasteiger partial charge in [0, 0.05) is 17.0 Å². The van der Waals surface area contributed by atoms with Gasteiger partial charge in [0.1, 0.15) is 12.1 Å². The van der Waals surface area contributed by atoms with Crippen LogP contribution in [0.15, 0.2) is 34.7 Å². The number of carbonyl (C=O) groups is 1. The molecule has 0 amide bonds. The van der Waals surface area contributed by atoms with E-state index in [1.54, 1.807) is 0 Å². The number of aliphatic imine (C=N–C) groups is 1. The van der Waals surface area contributed by atoms with Gasteiger partial charge >= 0.3 is 0 Å². The molecule has 1 aliphatic heterocycles. The van der Waals surface area contributed by atoms with Crippen molar-refractivity contribution in [2.45, 2.75) is 11.6 Å². The van der Waals surface area contributed by atoms with Crippen LogP contribution in [0.1, 0.15) is 16.8 Å². The SMILES string of the molecule is O=C1CC(CSc2ncn[nH]2)=Nc2ccc(F)cc21. The first-order valence-corrected chi connectivity index (χ1v) is 6.58. The maximum absolute atomic E-state index is 13.1. The summed E-state index contributed by atoms with van der Waals surface area (Å²) in [6.07, 6.45) is 1.64. The van der Waals surface area contributed by atoms with Gasteiger partial charge in [-0.05, 0) is 18.2 Å². The summed E-state index contributed by atoms with van der Waals surface area (Å²) in [5.74, 6) is 0.0389. The number of hydrogen-bond acceptors (Lipinski definition) is 5. The molecule has 0 fully saturated rings. The van der Waals surface area contributed by atoms with Crippen molar-refractivity contribution in [3.63, 3.8) is 0 Å². The minimum Gasteiger partial charge on any atom is -0.294 e. The molecular formula is C12H9FN4OS. The minimum absolute atomic E-state index is 0.0994. The molecule has 0 bridgehead atoms. The number of H-pyrrole nitrogens is 1. The fourth-order valence-electron chi connectivity index (χ4n) is 1.82. The molecule has 1 aromatic carbocycles. The van der Waals surface area contributed by atoms with E-state index in [0.29, 0.717) is 22.2 Å². The number of aromatic nitrogens is 3. The first kappa shape index (κ1) is 12.0. The van der Waals surface area contributed by atoms with Crippen molar-refractivity contribution in [3.8, 4) is 0 Å². The number of nitrogens with zero attached hydrogens (tertiary/aromatic N) is 3. The smallest absolute Gasteiger partial charge is 0.183 e. The van der Waals surface area contributed by atoms with Crippen LogP contribution in [0.5, 0.6) is 0 Å². The largest absolute Gasteiger partial charge is 0.294 e. The van der Waals surface area contributed by atoms with Crippen molar-refractivity contribution < 1.29 is 9.18 Å². The van der Waals surface area contributed by atoms with Gasteiger partial charge in [-0.3, -0.25) is 14.9 Å². The molecule has 0 aliphatic carbocycles. The van der Waals surface area contributed by atoms with Crippen LogP contribution in [0.2, 0.25) is 0 Å². The molecule has 2 aromatic rings. The lowest BCUT2D eigenvalue weighted by atomic mass is 10.0. The summed E-state index contributed by atoms with van der Waals surface area (Å²) in [6, 6.07) is 4.07. The van der Waals surface area contributed by atoms with Crippen LogP contribution < -0.4 is 0 Å². The van der Waals surface area contributed by atoms with Crippen LogP contribution in [-0.2, 0) is 0 Å². The summed E-state index contributed by atoms with van der Waals surface area (Å²) < 4.78 is 13.1. The number of ketones is 1. The molecule has 1 N–H and O–H groups in total. The highest BCUT2D eigenvalue weighted by molar-refractivity contribution is 7.99. The number of hydrogen-bond donors (Lipinski definition) is 1. The van der Waals surface area contributed by atoms with E-state index in [-0.39, 0.29) is 12.2 Å². The average molecular weight is 276 g/mol. The van der Waals surface area contributed by atoms with Crippen LogP contribution >= 0.6 is 11.8 Å². The summed E-state index contributed by atoms with van der Waals surface area (Å²) >= 11 is 1.43. The third-order valence-corrected chi connectivity index (χ3v) is 3.62. The molecule has 5 nitrogen and oxygen atoms in total. The quantitative estimate of drug-likeness (QED) is 0.874. The van der Waals surface area contributed by atoms with Crippen molar-refractivity contribution in [1.82, 2.24) is 15.2 Å². The lowest BCUT2D eigenvalue weighted by molar-refractivity contribution is 0.0999. The minimum atomic E-state index is -0.415. The Kier molecular flexibility index (Phi) is 3.12. The Hall–Kier alpha value is -2.02. The Morgan fingerprint density at radius 2 is 2.32 bits per heavy atom. The highest BCUT2D eigenvalue weighted by Crippen LogP contribution is 2.28. The van der Waals surface area contributed by atoms with Crippen LogP contribution in [0.3, 0.4) is 0 Å². The lowest BCUT2D eigenvalue weighted by Gasteiger charge is -2.13. The first-order valence-electron chi connectivity index (χ1n) is 5.60. The predicted molar refractivity (Wildman–Crippen MR) is 69.5 cm³/mol. The molecule has 19 heavy (non-hydrogen) atoms. The molecule has 3 rings (SSSR count). The molecule has 0 radical (unpaired) electrons. The van der Waals surface area contributed by atoms with Gasteiger partial charge in [0.05, 0.1) is 12.1 Å². The van der Waals surface area contributed by atoms with Crippen molar-refractivity contribution in [2.24, 2.45) is 4.99 Å². The van der Waals surface area contributed by atoms with E-state index >= 15 is 0 Å². The second-order valence-electron chi connectivity index (χ2n) is 4.02. The van der Waals surface area contributed by atoms with E-state index in [4.69, 9.17) is 0 Å². The van der Waals surface area contributed by atoms with Crippen molar-refractivity contribution >= 4 is 28.9 Å². The number of Topliss-reactive ketones (excluding diaryl/α,β-unsaturated/α-hetero) is 1. The normalized spacial score (nSPS) is 14.2. The molecule has 7 heteroatoms. The standard InChI is InChI=1S/C12H9FN4OS/c13-7-1-2-10-9(3-7)11(18)4-8(16-10)5-19-12-14-6-15-17-12/h1-3,6H,4-5H2,(H,14,15,17). The van der Waals surface area contributed by atoms with Crippen LogP contribution in [0, 0.1) is 5.82 Å². The van der Waals surface area contributed by atoms with Crippen LogP contribution in [0.4, 0.5) is 10.1 Å². The highest BCUT2D eigenvalue weighted by Gasteiger charge is 2.20. The monoisotopic (exact) mass is 276 g/mol. The topological polar surface area (TPSA) is 71.0 Å². The van der Waals surface area contributed by atoms with Gasteiger partial charge in [0.25, 0.3) is 0 Å². The van der Waals surface area contributed by atoms with E-state index in [1.807, 2.05) is 0 Å². The average Bonchev–Trinajstić information content (AvgIpc) is 2.90. The summed E-state index contributed by atoms with van der Waals surface area (Å²) in [7, 11) is 0.